The van der Waals surface area contributed by atoms with Gasteiger partial charge in [0, 0.05) is 30.9 Å². The van der Waals surface area contributed by atoms with E-state index in [1.54, 1.807) is 12.1 Å². The van der Waals surface area contributed by atoms with E-state index >= 15 is 0 Å². The van der Waals surface area contributed by atoms with Crippen molar-refractivity contribution in [3.8, 4) is 0 Å². The summed E-state index contributed by atoms with van der Waals surface area (Å²) in [6.45, 7) is 5.17. The third kappa shape index (κ3) is 3.45. The van der Waals surface area contributed by atoms with Gasteiger partial charge in [-0.15, -0.1) is 0 Å². The number of halogens is 1. The van der Waals surface area contributed by atoms with Gasteiger partial charge < -0.3 is 10.2 Å². The highest BCUT2D eigenvalue weighted by atomic mass is 19.1. The number of piperazine rings is 1. The second kappa shape index (κ2) is 6.35. The second-order valence-corrected chi connectivity index (χ2v) is 5.45. The van der Waals surface area contributed by atoms with E-state index in [9.17, 15) is 4.39 Å². The summed E-state index contributed by atoms with van der Waals surface area (Å²) in [5.41, 5.74) is 0.995. The summed E-state index contributed by atoms with van der Waals surface area (Å²) in [4.78, 5) is 4.74. The van der Waals surface area contributed by atoms with Crippen LogP contribution in [0.1, 0.15) is 13.3 Å². The van der Waals surface area contributed by atoms with Crippen molar-refractivity contribution in [2.24, 2.45) is 0 Å². The Labute approximate surface area is 115 Å². The van der Waals surface area contributed by atoms with E-state index in [0.717, 1.165) is 31.7 Å². The van der Waals surface area contributed by atoms with Crippen molar-refractivity contribution in [3.05, 3.63) is 30.1 Å². The molecule has 0 amide bonds. The van der Waals surface area contributed by atoms with Gasteiger partial charge in [0.15, 0.2) is 0 Å². The average molecular weight is 265 g/mol. The van der Waals surface area contributed by atoms with Crippen molar-refractivity contribution in [2.45, 2.75) is 25.4 Å². The molecule has 1 fully saturated rings. The number of rotatable bonds is 4. The smallest absolute Gasteiger partial charge is 0.125 e. The van der Waals surface area contributed by atoms with Gasteiger partial charge in [0.25, 0.3) is 0 Å². The lowest BCUT2D eigenvalue weighted by atomic mass is 10.0. The Bertz CT molecular complexity index is 410. The van der Waals surface area contributed by atoms with Crippen molar-refractivity contribution >= 4 is 5.69 Å². The van der Waals surface area contributed by atoms with Crippen LogP contribution >= 0.6 is 0 Å². The van der Waals surface area contributed by atoms with Gasteiger partial charge in [-0.05, 0) is 52.2 Å². The number of benzene rings is 1. The predicted molar refractivity (Wildman–Crippen MR) is 78.2 cm³/mol. The predicted octanol–water partition coefficient (Wildman–Crippen LogP) is 1.94. The third-order valence-corrected chi connectivity index (χ3v) is 4.09. The minimum absolute atomic E-state index is 0.157. The van der Waals surface area contributed by atoms with E-state index in [4.69, 9.17) is 0 Å². The molecule has 1 aliphatic rings. The normalized spacial score (nSPS) is 24.7. The molecule has 1 aromatic carbocycles. The highest BCUT2D eigenvalue weighted by Gasteiger charge is 2.29. The molecule has 4 heteroatoms. The summed E-state index contributed by atoms with van der Waals surface area (Å²) in [5, 5.41) is 3.21. The van der Waals surface area contributed by atoms with E-state index in [2.05, 4.69) is 29.1 Å². The molecule has 0 bridgehead atoms. The van der Waals surface area contributed by atoms with E-state index < -0.39 is 0 Å². The van der Waals surface area contributed by atoms with Crippen LogP contribution in [0.5, 0.6) is 0 Å². The van der Waals surface area contributed by atoms with Gasteiger partial charge in [-0.2, -0.15) is 0 Å². The first-order valence-electron chi connectivity index (χ1n) is 6.99. The summed E-state index contributed by atoms with van der Waals surface area (Å²) in [6, 6.07) is 7.92. The first-order valence-corrected chi connectivity index (χ1v) is 6.99. The van der Waals surface area contributed by atoms with Gasteiger partial charge in [0.1, 0.15) is 5.82 Å². The maximum atomic E-state index is 13.3. The zero-order valence-electron chi connectivity index (χ0n) is 12.1. The van der Waals surface area contributed by atoms with Gasteiger partial charge in [-0.1, -0.05) is 6.07 Å². The number of likely N-dealkylation sites (N-methyl/N-ethyl adjacent to an activating group) is 1. The molecule has 0 aliphatic carbocycles. The number of hydrogen-bond donors (Lipinski definition) is 1. The van der Waals surface area contributed by atoms with E-state index in [1.165, 1.54) is 6.07 Å². The van der Waals surface area contributed by atoms with Gasteiger partial charge >= 0.3 is 0 Å². The van der Waals surface area contributed by atoms with Gasteiger partial charge in [0.05, 0.1) is 0 Å². The number of hydrogen-bond acceptors (Lipinski definition) is 3. The Kier molecular flexibility index (Phi) is 4.77. The third-order valence-electron chi connectivity index (χ3n) is 4.09. The number of anilines is 1. The average Bonchev–Trinajstić information content (AvgIpc) is 2.40. The molecular formula is C15H24FN3. The summed E-state index contributed by atoms with van der Waals surface area (Å²) in [5.74, 6) is -0.157. The van der Waals surface area contributed by atoms with Crippen LogP contribution in [0.4, 0.5) is 10.1 Å². The van der Waals surface area contributed by atoms with Crippen molar-refractivity contribution < 1.29 is 4.39 Å². The minimum atomic E-state index is -0.157. The van der Waals surface area contributed by atoms with E-state index in [0.29, 0.717) is 12.1 Å². The number of nitrogens with one attached hydrogen (secondary N) is 1. The van der Waals surface area contributed by atoms with Gasteiger partial charge in [-0.3, -0.25) is 4.90 Å². The maximum absolute atomic E-state index is 13.3. The Hall–Kier alpha value is -1.13. The summed E-state index contributed by atoms with van der Waals surface area (Å²) < 4.78 is 13.3. The van der Waals surface area contributed by atoms with Gasteiger partial charge in [0.2, 0.25) is 0 Å². The molecule has 0 radical (unpaired) electrons. The van der Waals surface area contributed by atoms with Crippen LogP contribution in [-0.2, 0) is 0 Å². The summed E-state index contributed by atoms with van der Waals surface area (Å²) in [7, 11) is 4.17. The lowest BCUT2D eigenvalue weighted by Gasteiger charge is -2.45. The van der Waals surface area contributed by atoms with Crippen molar-refractivity contribution in [1.29, 1.82) is 0 Å². The molecule has 1 saturated heterocycles. The zero-order chi connectivity index (χ0) is 13.8. The Balaban J connectivity index is 2.10. The van der Waals surface area contributed by atoms with Crippen LogP contribution < -0.4 is 10.2 Å². The van der Waals surface area contributed by atoms with Gasteiger partial charge in [-0.25, -0.2) is 4.39 Å². The molecule has 106 valence electrons. The molecule has 1 heterocycles. The Morgan fingerprint density at radius 2 is 2.16 bits per heavy atom. The molecule has 3 nitrogen and oxygen atoms in total. The molecule has 2 unspecified atom stereocenters. The fraction of sp³-hybridized carbons (Fsp3) is 0.600. The molecule has 2 atom stereocenters. The largest absolute Gasteiger partial charge is 0.368 e. The lowest BCUT2D eigenvalue weighted by Crippen LogP contribution is -2.56. The topological polar surface area (TPSA) is 18.5 Å². The van der Waals surface area contributed by atoms with E-state index in [1.807, 2.05) is 13.1 Å². The second-order valence-electron chi connectivity index (χ2n) is 5.45. The summed E-state index contributed by atoms with van der Waals surface area (Å²) in [6.07, 6.45) is 1.11. The highest BCUT2D eigenvalue weighted by Crippen LogP contribution is 2.23. The Morgan fingerprint density at radius 3 is 2.84 bits per heavy atom. The molecular weight excluding hydrogens is 241 g/mol. The van der Waals surface area contributed by atoms with Crippen molar-refractivity contribution in [3.63, 3.8) is 0 Å². The van der Waals surface area contributed by atoms with Crippen LogP contribution in [0.2, 0.25) is 0 Å². The molecule has 1 N–H and O–H groups in total. The van der Waals surface area contributed by atoms with Crippen molar-refractivity contribution in [1.82, 2.24) is 10.2 Å². The van der Waals surface area contributed by atoms with Crippen LogP contribution in [-0.4, -0.2) is 50.7 Å². The quantitative estimate of drug-likeness (QED) is 0.897. The summed E-state index contributed by atoms with van der Waals surface area (Å²) >= 11 is 0. The first kappa shape index (κ1) is 14.3. The monoisotopic (exact) mass is 265 g/mol. The molecule has 0 spiro atoms. The first-order chi connectivity index (χ1) is 9.11. The molecule has 19 heavy (non-hydrogen) atoms. The van der Waals surface area contributed by atoms with Crippen LogP contribution in [0, 0.1) is 5.82 Å². The molecule has 1 aromatic rings. The number of nitrogens with zero attached hydrogens (tertiary/aromatic N) is 2. The Morgan fingerprint density at radius 1 is 1.37 bits per heavy atom. The van der Waals surface area contributed by atoms with Crippen LogP contribution in [0.15, 0.2) is 24.3 Å². The highest BCUT2D eigenvalue weighted by molar-refractivity contribution is 5.47. The maximum Gasteiger partial charge on any atom is 0.125 e. The van der Waals surface area contributed by atoms with Crippen LogP contribution in [0.3, 0.4) is 0 Å². The molecule has 2 rings (SSSR count). The lowest BCUT2D eigenvalue weighted by molar-refractivity contribution is 0.150. The molecule has 0 aromatic heterocycles. The molecule has 0 saturated carbocycles. The fourth-order valence-corrected chi connectivity index (χ4v) is 2.75. The SMILES string of the molecule is CNCCC1CN(c2cccc(F)c2)CC(C)N1C. The van der Waals surface area contributed by atoms with E-state index in [-0.39, 0.29) is 5.82 Å². The van der Waals surface area contributed by atoms with Crippen LogP contribution in [0.25, 0.3) is 0 Å². The molecule has 1 aliphatic heterocycles. The standard InChI is InChI=1S/C15H24FN3/c1-12-10-19(14-6-4-5-13(16)9-14)11-15(18(12)3)7-8-17-2/h4-6,9,12,15,17H,7-8,10-11H2,1-3H3. The van der Waals surface area contributed by atoms with Crippen molar-refractivity contribution in [2.75, 3.05) is 38.6 Å². The minimum Gasteiger partial charge on any atom is -0.368 e. The fourth-order valence-electron chi connectivity index (χ4n) is 2.75. The zero-order valence-corrected chi connectivity index (χ0v) is 12.1.